The lowest BCUT2D eigenvalue weighted by Crippen LogP contribution is -2.37. The number of aliphatic imine (C=N–C) groups is 1. The monoisotopic (exact) mass is 365 g/mol. The first kappa shape index (κ1) is 18.6. The number of amidine groups is 1. The maximum atomic E-state index is 12.1. The Bertz CT molecular complexity index is 844. The molecule has 0 atom stereocenters. The molecule has 0 bridgehead atoms. The number of hydrogen-bond acceptors (Lipinski definition) is 4. The zero-order valence-electron chi connectivity index (χ0n) is 15.0. The van der Waals surface area contributed by atoms with Crippen LogP contribution in [0.4, 0.5) is 4.79 Å². The summed E-state index contributed by atoms with van der Waals surface area (Å²) in [7, 11) is 0. The number of rotatable bonds is 5. The first-order valence-electron chi connectivity index (χ1n) is 9.02. The predicted molar refractivity (Wildman–Crippen MR) is 105 cm³/mol. The molecule has 7 nitrogen and oxygen atoms in total. The van der Waals surface area contributed by atoms with Crippen LogP contribution in [0.15, 0.2) is 47.7 Å². The van der Waals surface area contributed by atoms with Gasteiger partial charge < -0.3 is 15.8 Å². The number of aromatic nitrogens is 1. The number of hydrogen-bond donors (Lipinski definition) is 3. The van der Waals surface area contributed by atoms with Crippen molar-refractivity contribution in [2.24, 2.45) is 10.7 Å². The number of nitrogens with two attached hydrogens (primary N) is 1. The first-order chi connectivity index (χ1) is 13.2. The minimum atomic E-state index is -0.423. The number of nitrogens with zero attached hydrogens (tertiary/aromatic N) is 2. The zero-order valence-corrected chi connectivity index (χ0v) is 15.0. The van der Waals surface area contributed by atoms with Crippen LogP contribution >= 0.6 is 0 Å². The summed E-state index contributed by atoms with van der Waals surface area (Å²) in [6.07, 6.45) is 9.29. The summed E-state index contributed by atoms with van der Waals surface area (Å²) < 4.78 is 5.45. The van der Waals surface area contributed by atoms with Crippen LogP contribution in [0.1, 0.15) is 37.7 Å². The van der Waals surface area contributed by atoms with Crippen molar-refractivity contribution in [1.29, 1.82) is 5.41 Å². The Labute approximate surface area is 158 Å². The van der Waals surface area contributed by atoms with E-state index in [1.807, 2.05) is 18.2 Å². The number of ether oxygens (including phenoxy) is 1. The van der Waals surface area contributed by atoms with Crippen LogP contribution in [0.2, 0.25) is 0 Å². The molecule has 0 saturated heterocycles. The topological polar surface area (TPSA) is 113 Å². The molecule has 1 aromatic carbocycles. The second kappa shape index (κ2) is 8.93. The van der Waals surface area contributed by atoms with E-state index in [0.29, 0.717) is 11.3 Å². The highest BCUT2D eigenvalue weighted by Gasteiger charge is 2.16. The van der Waals surface area contributed by atoms with Crippen LogP contribution in [0.25, 0.3) is 11.1 Å². The van der Waals surface area contributed by atoms with Gasteiger partial charge in [0.15, 0.2) is 0 Å². The number of carbonyl (C=O) groups excluding carboxylic acids is 1. The van der Waals surface area contributed by atoms with Crippen molar-refractivity contribution in [3.63, 3.8) is 0 Å². The molecular weight excluding hydrogens is 342 g/mol. The molecular formula is C20H23N5O2. The van der Waals surface area contributed by atoms with E-state index in [1.165, 1.54) is 6.42 Å². The van der Waals surface area contributed by atoms with E-state index in [0.717, 1.165) is 43.1 Å². The van der Waals surface area contributed by atoms with Crippen LogP contribution in [-0.4, -0.2) is 29.3 Å². The molecule has 0 aliphatic heterocycles. The minimum Gasteiger partial charge on any atom is -0.410 e. The second-order valence-corrected chi connectivity index (χ2v) is 6.50. The highest BCUT2D eigenvalue weighted by molar-refractivity contribution is 6.01. The lowest BCUT2D eigenvalue weighted by atomic mass is 9.96. The normalized spacial score (nSPS) is 15.2. The van der Waals surface area contributed by atoms with Crippen LogP contribution in [0.3, 0.4) is 0 Å². The highest BCUT2D eigenvalue weighted by atomic mass is 16.6. The number of amides is 1. The molecule has 1 fully saturated rings. The van der Waals surface area contributed by atoms with Gasteiger partial charge in [0.1, 0.15) is 17.9 Å². The molecule has 1 aliphatic rings. The average Bonchev–Trinajstić information content (AvgIpc) is 2.69. The Kier molecular flexibility index (Phi) is 6.14. The van der Waals surface area contributed by atoms with Gasteiger partial charge in [0.2, 0.25) is 0 Å². The SMILES string of the molecule is N=CN=C(N)c1cncc(-c2cccc(OC(=O)NC3CCCCC3)c2)c1. The molecule has 1 aliphatic carbocycles. The molecule has 0 radical (unpaired) electrons. The number of pyridine rings is 1. The van der Waals surface area contributed by atoms with Crippen molar-refractivity contribution < 1.29 is 9.53 Å². The number of benzene rings is 1. The van der Waals surface area contributed by atoms with Gasteiger partial charge in [0.05, 0.1) is 0 Å². The van der Waals surface area contributed by atoms with Gasteiger partial charge in [-0.1, -0.05) is 31.4 Å². The Balaban J connectivity index is 1.71. The van der Waals surface area contributed by atoms with Crippen molar-refractivity contribution in [3.8, 4) is 16.9 Å². The molecule has 2 aromatic rings. The van der Waals surface area contributed by atoms with E-state index >= 15 is 0 Å². The fourth-order valence-electron chi connectivity index (χ4n) is 3.17. The van der Waals surface area contributed by atoms with E-state index in [9.17, 15) is 4.79 Å². The summed E-state index contributed by atoms with van der Waals surface area (Å²) in [6, 6.07) is 9.27. The summed E-state index contributed by atoms with van der Waals surface area (Å²) in [4.78, 5) is 20.1. The average molecular weight is 365 g/mol. The molecule has 7 heteroatoms. The Morgan fingerprint density at radius 3 is 2.81 bits per heavy atom. The lowest BCUT2D eigenvalue weighted by Gasteiger charge is -2.22. The summed E-state index contributed by atoms with van der Waals surface area (Å²) in [5.74, 6) is 0.686. The Hall–Kier alpha value is -3.22. The fourth-order valence-corrected chi connectivity index (χ4v) is 3.17. The molecule has 1 amide bonds. The maximum Gasteiger partial charge on any atom is 0.412 e. The molecule has 1 heterocycles. The van der Waals surface area contributed by atoms with E-state index in [2.05, 4.69) is 15.3 Å². The minimum absolute atomic E-state index is 0.200. The van der Waals surface area contributed by atoms with E-state index < -0.39 is 6.09 Å². The van der Waals surface area contributed by atoms with Crippen LogP contribution in [0, 0.1) is 5.41 Å². The smallest absolute Gasteiger partial charge is 0.410 e. The van der Waals surface area contributed by atoms with Crippen molar-refractivity contribution in [1.82, 2.24) is 10.3 Å². The molecule has 140 valence electrons. The van der Waals surface area contributed by atoms with Gasteiger partial charge in [0, 0.05) is 29.6 Å². The molecule has 3 rings (SSSR count). The third kappa shape index (κ3) is 5.13. The van der Waals surface area contributed by atoms with Crippen molar-refractivity contribution in [2.45, 2.75) is 38.1 Å². The molecule has 1 saturated carbocycles. The Morgan fingerprint density at radius 2 is 2.04 bits per heavy atom. The summed E-state index contributed by atoms with van der Waals surface area (Å²) >= 11 is 0. The predicted octanol–water partition coefficient (Wildman–Crippen LogP) is 3.48. The van der Waals surface area contributed by atoms with Gasteiger partial charge >= 0.3 is 6.09 Å². The standard InChI is InChI=1S/C20H23N5O2/c21-13-24-19(22)16-9-15(11-23-12-16)14-5-4-8-18(10-14)27-20(26)25-17-6-2-1-3-7-17/h4-5,8-13,17H,1-3,6-7H2,(H,25,26)(H3,21,22,24). The van der Waals surface area contributed by atoms with Crippen molar-refractivity contribution in [3.05, 3.63) is 48.3 Å². The summed E-state index contributed by atoms with van der Waals surface area (Å²) in [5, 5.41) is 9.96. The summed E-state index contributed by atoms with van der Waals surface area (Å²) in [5.41, 5.74) is 8.10. The van der Waals surface area contributed by atoms with Gasteiger partial charge in [-0.05, 0) is 36.6 Å². The van der Waals surface area contributed by atoms with E-state index in [1.54, 1.807) is 24.5 Å². The molecule has 0 unspecified atom stereocenters. The van der Waals surface area contributed by atoms with Gasteiger partial charge in [-0.2, -0.15) is 0 Å². The van der Waals surface area contributed by atoms with E-state index in [4.69, 9.17) is 15.9 Å². The fraction of sp³-hybridized carbons (Fsp3) is 0.300. The van der Waals surface area contributed by atoms with E-state index in [-0.39, 0.29) is 11.9 Å². The van der Waals surface area contributed by atoms with Gasteiger partial charge in [-0.15, -0.1) is 0 Å². The van der Waals surface area contributed by atoms with Crippen molar-refractivity contribution >= 4 is 18.3 Å². The molecule has 1 aromatic heterocycles. The molecule has 0 spiro atoms. The van der Waals surface area contributed by atoms with Crippen LogP contribution < -0.4 is 15.8 Å². The molecule has 27 heavy (non-hydrogen) atoms. The number of carbonyl (C=O) groups is 1. The van der Waals surface area contributed by atoms with Crippen molar-refractivity contribution in [2.75, 3.05) is 0 Å². The first-order valence-corrected chi connectivity index (χ1v) is 9.02. The Morgan fingerprint density at radius 1 is 1.22 bits per heavy atom. The zero-order chi connectivity index (χ0) is 19.1. The van der Waals surface area contributed by atoms with Gasteiger partial charge in [-0.3, -0.25) is 10.4 Å². The van der Waals surface area contributed by atoms with Gasteiger partial charge in [0.25, 0.3) is 0 Å². The van der Waals surface area contributed by atoms with Crippen LogP contribution in [-0.2, 0) is 0 Å². The quantitative estimate of drug-likeness (QED) is 0.556. The third-order valence-corrected chi connectivity index (χ3v) is 4.54. The maximum absolute atomic E-state index is 12.1. The van der Waals surface area contributed by atoms with Gasteiger partial charge in [-0.25, -0.2) is 9.79 Å². The van der Waals surface area contributed by atoms with Crippen LogP contribution in [0.5, 0.6) is 5.75 Å². The number of nitrogens with one attached hydrogen (secondary N) is 2. The summed E-state index contributed by atoms with van der Waals surface area (Å²) in [6.45, 7) is 0. The largest absolute Gasteiger partial charge is 0.412 e. The molecule has 4 N–H and O–H groups in total. The second-order valence-electron chi connectivity index (χ2n) is 6.50. The highest BCUT2D eigenvalue weighted by Crippen LogP contribution is 2.24. The lowest BCUT2D eigenvalue weighted by molar-refractivity contribution is 0.192. The third-order valence-electron chi connectivity index (χ3n) is 4.54.